The van der Waals surface area contributed by atoms with Gasteiger partial charge in [-0.25, -0.2) is 15.0 Å². The van der Waals surface area contributed by atoms with Crippen molar-refractivity contribution in [2.45, 2.75) is 0 Å². The van der Waals surface area contributed by atoms with E-state index in [-0.39, 0.29) is 0 Å². The summed E-state index contributed by atoms with van der Waals surface area (Å²) in [6.07, 6.45) is 0. The Bertz CT molecular complexity index is 3030. The zero-order valence-electron chi connectivity index (χ0n) is 27.3. The molecule has 0 amide bonds. The van der Waals surface area contributed by atoms with Gasteiger partial charge in [0, 0.05) is 27.5 Å². The molecule has 1 aliphatic rings. The van der Waals surface area contributed by atoms with Gasteiger partial charge in [0.25, 0.3) is 0 Å². The van der Waals surface area contributed by atoms with E-state index in [4.69, 9.17) is 19.4 Å². The highest BCUT2D eigenvalue weighted by Crippen LogP contribution is 2.48. The molecule has 2 aromatic heterocycles. The van der Waals surface area contributed by atoms with Crippen LogP contribution in [0, 0.1) is 0 Å². The lowest BCUT2D eigenvalue weighted by molar-refractivity contribution is 0.669. The van der Waals surface area contributed by atoms with Crippen LogP contribution in [-0.4, -0.2) is 15.0 Å². The average Bonchev–Trinajstić information content (AvgIpc) is 3.74. The Balaban J connectivity index is 1.15. The lowest BCUT2D eigenvalue weighted by Crippen LogP contribution is -2.00. The molecule has 10 aromatic rings. The minimum Gasteiger partial charge on any atom is -0.456 e. The molecular weight excluding hydrogens is 623 g/mol. The van der Waals surface area contributed by atoms with Crippen molar-refractivity contribution in [2.24, 2.45) is 0 Å². The van der Waals surface area contributed by atoms with Crippen molar-refractivity contribution in [3.8, 4) is 67.5 Å². The lowest BCUT2D eigenvalue weighted by atomic mass is 9.99. The van der Waals surface area contributed by atoms with E-state index in [1.54, 1.807) is 0 Å². The lowest BCUT2D eigenvalue weighted by Gasteiger charge is -2.11. The second-order valence-corrected chi connectivity index (χ2v) is 13.2. The van der Waals surface area contributed by atoms with Crippen LogP contribution in [0.2, 0.25) is 0 Å². The summed E-state index contributed by atoms with van der Waals surface area (Å²) in [5, 5.41) is 6.77. The van der Waals surface area contributed by atoms with Gasteiger partial charge in [-0.05, 0) is 91.3 Å². The Labute approximate surface area is 293 Å². The fraction of sp³-hybridized carbons (Fsp3) is 0. The molecule has 0 spiro atoms. The van der Waals surface area contributed by atoms with Gasteiger partial charge < -0.3 is 4.42 Å². The van der Waals surface area contributed by atoms with E-state index < -0.39 is 0 Å². The van der Waals surface area contributed by atoms with Gasteiger partial charge in [0.15, 0.2) is 17.5 Å². The molecule has 8 aromatic carbocycles. The summed E-state index contributed by atoms with van der Waals surface area (Å²) >= 11 is 0. The maximum absolute atomic E-state index is 6.50. The summed E-state index contributed by atoms with van der Waals surface area (Å²) in [6.45, 7) is 0. The van der Waals surface area contributed by atoms with E-state index in [0.29, 0.717) is 17.5 Å². The quantitative estimate of drug-likeness (QED) is 0.190. The van der Waals surface area contributed by atoms with Crippen LogP contribution in [0.3, 0.4) is 0 Å². The Hall–Kier alpha value is -6.91. The Kier molecular flexibility index (Phi) is 5.92. The third kappa shape index (κ3) is 4.37. The number of aromatic nitrogens is 3. The predicted molar refractivity (Wildman–Crippen MR) is 208 cm³/mol. The molecule has 236 valence electrons. The highest BCUT2D eigenvalue weighted by Gasteiger charge is 2.24. The Morgan fingerprint density at radius 3 is 1.84 bits per heavy atom. The zero-order chi connectivity index (χ0) is 33.5. The van der Waals surface area contributed by atoms with Gasteiger partial charge >= 0.3 is 0 Å². The van der Waals surface area contributed by atoms with Gasteiger partial charge in [-0.15, -0.1) is 0 Å². The van der Waals surface area contributed by atoms with Gasteiger partial charge in [-0.3, -0.25) is 0 Å². The van der Waals surface area contributed by atoms with Crippen LogP contribution < -0.4 is 0 Å². The largest absolute Gasteiger partial charge is 0.456 e. The number of hydrogen-bond donors (Lipinski definition) is 0. The first-order chi connectivity index (χ1) is 25.2. The SMILES string of the molecule is c1ccc(-c2ccc3c(c2)oc2cccc(-c4nc(-c5ccc6ccccc6c5)nc(-c5cc6c7c(cccc7c5)-c5ccccc5-6)n4)c23)cc1. The highest BCUT2D eigenvalue weighted by atomic mass is 16.3. The number of furan rings is 1. The van der Waals surface area contributed by atoms with Gasteiger partial charge in [0.2, 0.25) is 0 Å². The molecule has 0 N–H and O–H groups in total. The van der Waals surface area contributed by atoms with Crippen LogP contribution in [0.4, 0.5) is 0 Å². The molecule has 0 bridgehead atoms. The molecule has 11 rings (SSSR count). The van der Waals surface area contributed by atoms with Crippen molar-refractivity contribution >= 4 is 43.5 Å². The summed E-state index contributed by atoms with van der Waals surface area (Å²) in [4.78, 5) is 15.6. The fourth-order valence-corrected chi connectivity index (χ4v) is 7.85. The maximum atomic E-state index is 6.50. The van der Waals surface area contributed by atoms with Gasteiger partial charge in [0.05, 0.1) is 0 Å². The minimum atomic E-state index is 0.606. The minimum absolute atomic E-state index is 0.606. The average molecular weight is 650 g/mol. The molecule has 0 unspecified atom stereocenters. The molecule has 0 atom stereocenters. The molecule has 0 radical (unpaired) electrons. The standard InChI is InChI=1S/C47H27N3O/c1-2-10-28(11-3-1)31-22-23-38-42(27-31)51-41-19-9-18-39(44(38)41)47-49-45(33-21-20-29-12-4-5-13-30(29)24-33)48-46(50-47)34-25-32-14-8-17-37-35-15-6-7-16-36(35)40(26-34)43(32)37/h1-27H. The molecule has 0 fully saturated rings. The number of benzene rings is 8. The molecule has 1 aliphatic carbocycles. The molecular formula is C47H27N3O. The summed E-state index contributed by atoms with van der Waals surface area (Å²) in [5.74, 6) is 1.86. The second-order valence-electron chi connectivity index (χ2n) is 13.2. The molecule has 0 saturated carbocycles. The van der Waals surface area contributed by atoms with Gasteiger partial charge in [-0.2, -0.15) is 0 Å². The van der Waals surface area contributed by atoms with Crippen LogP contribution >= 0.6 is 0 Å². The van der Waals surface area contributed by atoms with Crippen molar-refractivity contribution in [2.75, 3.05) is 0 Å². The van der Waals surface area contributed by atoms with Crippen LogP contribution in [0.5, 0.6) is 0 Å². The van der Waals surface area contributed by atoms with E-state index in [1.165, 1.54) is 38.4 Å². The number of rotatable bonds is 4. The Morgan fingerprint density at radius 2 is 0.961 bits per heavy atom. The first kappa shape index (κ1) is 28.0. The number of nitrogens with zero attached hydrogens (tertiary/aromatic N) is 3. The van der Waals surface area contributed by atoms with Crippen molar-refractivity contribution in [3.05, 3.63) is 164 Å². The number of fused-ring (bicyclic) bond motifs is 7. The van der Waals surface area contributed by atoms with Crippen LogP contribution in [0.1, 0.15) is 0 Å². The van der Waals surface area contributed by atoms with E-state index in [9.17, 15) is 0 Å². The van der Waals surface area contributed by atoms with Gasteiger partial charge in [0.1, 0.15) is 11.2 Å². The first-order valence-corrected chi connectivity index (χ1v) is 17.2. The molecule has 51 heavy (non-hydrogen) atoms. The first-order valence-electron chi connectivity index (χ1n) is 17.2. The summed E-state index contributed by atoms with van der Waals surface area (Å²) in [5.41, 5.74) is 11.7. The Morgan fingerprint density at radius 1 is 0.314 bits per heavy atom. The molecule has 2 heterocycles. The third-order valence-corrected chi connectivity index (χ3v) is 10.2. The van der Waals surface area contributed by atoms with E-state index in [1.807, 2.05) is 18.2 Å². The third-order valence-electron chi connectivity index (χ3n) is 10.2. The van der Waals surface area contributed by atoms with Crippen LogP contribution in [0.15, 0.2) is 168 Å². The fourth-order valence-electron chi connectivity index (χ4n) is 7.85. The summed E-state index contributed by atoms with van der Waals surface area (Å²) in [7, 11) is 0. The highest BCUT2D eigenvalue weighted by molar-refractivity contribution is 6.16. The predicted octanol–water partition coefficient (Wildman–Crippen LogP) is 12.4. The monoisotopic (exact) mass is 649 g/mol. The van der Waals surface area contributed by atoms with Gasteiger partial charge in [-0.1, -0.05) is 127 Å². The maximum Gasteiger partial charge on any atom is 0.164 e. The molecule has 0 saturated heterocycles. The van der Waals surface area contributed by atoms with Crippen LogP contribution in [-0.2, 0) is 0 Å². The molecule has 0 aliphatic heterocycles. The zero-order valence-corrected chi connectivity index (χ0v) is 27.3. The van der Waals surface area contributed by atoms with Crippen molar-refractivity contribution < 1.29 is 4.42 Å². The van der Waals surface area contributed by atoms with Crippen molar-refractivity contribution in [3.63, 3.8) is 0 Å². The van der Waals surface area contributed by atoms with E-state index in [0.717, 1.165) is 55.1 Å². The van der Waals surface area contributed by atoms with E-state index >= 15 is 0 Å². The van der Waals surface area contributed by atoms with Crippen molar-refractivity contribution in [1.29, 1.82) is 0 Å². The topological polar surface area (TPSA) is 51.8 Å². The number of hydrogen-bond acceptors (Lipinski definition) is 4. The summed E-state index contributed by atoms with van der Waals surface area (Å²) < 4.78 is 6.50. The molecule has 4 heteroatoms. The summed E-state index contributed by atoms with van der Waals surface area (Å²) in [6, 6.07) is 57.4. The van der Waals surface area contributed by atoms with Crippen molar-refractivity contribution in [1.82, 2.24) is 15.0 Å². The van der Waals surface area contributed by atoms with Crippen LogP contribution in [0.25, 0.3) is 111 Å². The normalized spacial score (nSPS) is 11.9. The van der Waals surface area contributed by atoms with E-state index in [2.05, 4.69) is 146 Å². The second kappa shape index (κ2) is 10.8. The molecule has 4 nitrogen and oxygen atoms in total. The smallest absolute Gasteiger partial charge is 0.164 e.